The Morgan fingerprint density at radius 2 is 2.28 bits per heavy atom. The Balaban J connectivity index is 2.09. The van der Waals surface area contributed by atoms with Crippen LogP contribution in [0.5, 0.6) is 0 Å². The highest BCUT2D eigenvalue weighted by atomic mass is 32.1. The summed E-state index contributed by atoms with van der Waals surface area (Å²) >= 11 is 1.62. The minimum atomic E-state index is -0.0763. The zero-order chi connectivity index (χ0) is 13.0. The first-order valence-electron chi connectivity index (χ1n) is 5.91. The zero-order valence-corrected chi connectivity index (χ0v) is 11.3. The summed E-state index contributed by atoms with van der Waals surface area (Å²) in [4.78, 5) is 21.5. The topological polar surface area (TPSA) is 59.8 Å². The van der Waals surface area contributed by atoms with Gasteiger partial charge in [-0.05, 0) is 13.3 Å². The maximum absolute atomic E-state index is 12.0. The van der Waals surface area contributed by atoms with Crippen molar-refractivity contribution in [1.29, 1.82) is 0 Å². The highest BCUT2D eigenvalue weighted by Gasteiger charge is 2.05. The number of thiazole rings is 1. The maximum atomic E-state index is 12.0. The lowest BCUT2D eigenvalue weighted by Crippen LogP contribution is -2.24. The second kappa shape index (κ2) is 5.77. The van der Waals surface area contributed by atoms with Crippen molar-refractivity contribution in [3.63, 3.8) is 0 Å². The molecule has 0 radical (unpaired) electrons. The molecule has 0 fully saturated rings. The van der Waals surface area contributed by atoms with Crippen LogP contribution in [0.2, 0.25) is 0 Å². The van der Waals surface area contributed by atoms with Crippen LogP contribution in [-0.4, -0.2) is 14.5 Å². The molecule has 0 aliphatic carbocycles. The normalized spacial score (nSPS) is 10.6. The summed E-state index contributed by atoms with van der Waals surface area (Å²) in [5.74, 6) is 0.388. The lowest BCUT2D eigenvalue weighted by atomic mass is 10.4. The number of anilines is 1. The zero-order valence-electron chi connectivity index (χ0n) is 10.5. The molecule has 0 aromatic carbocycles. The van der Waals surface area contributed by atoms with Crippen LogP contribution >= 0.6 is 11.3 Å². The van der Waals surface area contributed by atoms with Crippen molar-refractivity contribution >= 4 is 17.2 Å². The van der Waals surface area contributed by atoms with E-state index in [9.17, 15) is 4.79 Å². The van der Waals surface area contributed by atoms with E-state index >= 15 is 0 Å². The van der Waals surface area contributed by atoms with Gasteiger partial charge in [-0.1, -0.05) is 6.92 Å². The SMILES string of the molecule is CCCn1ccnc(NCc2ncc(C)s2)c1=O. The number of nitrogens with zero attached hydrogens (tertiary/aromatic N) is 3. The van der Waals surface area contributed by atoms with Gasteiger partial charge in [-0.15, -0.1) is 11.3 Å². The Hall–Kier alpha value is -1.69. The van der Waals surface area contributed by atoms with Crippen LogP contribution in [-0.2, 0) is 13.1 Å². The molecule has 0 spiro atoms. The first kappa shape index (κ1) is 12.8. The molecule has 0 saturated heterocycles. The fourth-order valence-electron chi connectivity index (χ4n) is 1.63. The summed E-state index contributed by atoms with van der Waals surface area (Å²) in [5.41, 5.74) is -0.0763. The highest BCUT2D eigenvalue weighted by molar-refractivity contribution is 7.11. The first-order chi connectivity index (χ1) is 8.70. The molecule has 2 heterocycles. The molecule has 0 atom stereocenters. The van der Waals surface area contributed by atoms with Gasteiger partial charge >= 0.3 is 0 Å². The Morgan fingerprint density at radius 1 is 1.44 bits per heavy atom. The predicted octanol–water partition coefficient (Wildman–Crippen LogP) is 2.03. The third-order valence-corrected chi connectivity index (χ3v) is 3.37. The average Bonchev–Trinajstić information content (AvgIpc) is 2.77. The van der Waals surface area contributed by atoms with Gasteiger partial charge in [0, 0.05) is 30.0 Å². The van der Waals surface area contributed by atoms with Crippen molar-refractivity contribution in [1.82, 2.24) is 14.5 Å². The van der Waals surface area contributed by atoms with Crippen molar-refractivity contribution < 1.29 is 0 Å². The van der Waals surface area contributed by atoms with Gasteiger partial charge < -0.3 is 9.88 Å². The third kappa shape index (κ3) is 2.95. The number of aryl methyl sites for hydroxylation is 2. The Bertz CT molecular complexity index is 575. The fraction of sp³-hybridized carbons (Fsp3) is 0.417. The number of aromatic nitrogens is 3. The third-order valence-electron chi connectivity index (χ3n) is 2.45. The van der Waals surface area contributed by atoms with E-state index in [1.807, 2.05) is 20.0 Å². The van der Waals surface area contributed by atoms with Gasteiger partial charge in [-0.2, -0.15) is 0 Å². The van der Waals surface area contributed by atoms with Gasteiger partial charge in [0.05, 0.1) is 6.54 Å². The average molecular weight is 264 g/mol. The minimum absolute atomic E-state index is 0.0763. The number of hydrogen-bond acceptors (Lipinski definition) is 5. The molecule has 0 aliphatic rings. The summed E-state index contributed by atoms with van der Waals surface area (Å²) in [7, 11) is 0. The number of hydrogen-bond donors (Lipinski definition) is 1. The predicted molar refractivity (Wildman–Crippen MR) is 73.0 cm³/mol. The molecule has 0 unspecified atom stereocenters. The van der Waals surface area contributed by atoms with Crippen molar-refractivity contribution in [3.8, 4) is 0 Å². The summed E-state index contributed by atoms with van der Waals surface area (Å²) in [6.45, 7) is 5.30. The van der Waals surface area contributed by atoms with E-state index in [2.05, 4.69) is 15.3 Å². The molecule has 5 nitrogen and oxygen atoms in total. The van der Waals surface area contributed by atoms with Crippen LogP contribution in [0.15, 0.2) is 23.4 Å². The van der Waals surface area contributed by atoms with Gasteiger partial charge in [-0.25, -0.2) is 9.97 Å². The van der Waals surface area contributed by atoms with Gasteiger partial charge in [-0.3, -0.25) is 4.79 Å². The molecular weight excluding hydrogens is 248 g/mol. The van der Waals surface area contributed by atoms with E-state index in [1.165, 1.54) is 0 Å². The fourth-order valence-corrected chi connectivity index (χ4v) is 2.35. The van der Waals surface area contributed by atoms with E-state index in [4.69, 9.17) is 0 Å². The molecular formula is C12H16N4OS. The molecule has 18 heavy (non-hydrogen) atoms. The summed E-state index contributed by atoms with van der Waals surface area (Å²) in [6, 6.07) is 0. The van der Waals surface area contributed by atoms with Gasteiger partial charge in [0.2, 0.25) is 0 Å². The molecule has 0 aliphatic heterocycles. The van der Waals surface area contributed by atoms with Crippen molar-refractivity contribution in [2.75, 3.05) is 5.32 Å². The number of rotatable bonds is 5. The molecule has 2 rings (SSSR count). The largest absolute Gasteiger partial charge is 0.359 e. The molecule has 0 amide bonds. The lowest BCUT2D eigenvalue weighted by Gasteiger charge is -2.06. The van der Waals surface area contributed by atoms with Crippen molar-refractivity contribution in [3.05, 3.63) is 38.8 Å². The van der Waals surface area contributed by atoms with Gasteiger partial charge in [0.15, 0.2) is 5.82 Å². The molecule has 96 valence electrons. The first-order valence-corrected chi connectivity index (χ1v) is 6.73. The number of nitrogens with one attached hydrogen (secondary N) is 1. The van der Waals surface area contributed by atoms with Crippen LogP contribution in [0.3, 0.4) is 0 Å². The summed E-state index contributed by atoms with van der Waals surface area (Å²) in [5, 5.41) is 4.00. The monoisotopic (exact) mass is 264 g/mol. The summed E-state index contributed by atoms with van der Waals surface area (Å²) in [6.07, 6.45) is 6.11. The molecule has 2 aromatic rings. The van der Waals surface area contributed by atoms with E-state index in [0.717, 1.165) is 16.3 Å². The molecule has 0 bridgehead atoms. The smallest absolute Gasteiger partial charge is 0.293 e. The summed E-state index contributed by atoms with van der Waals surface area (Å²) < 4.78 is 1.67. The lowest BCUT2D eigenvalue weighted by molar-refractivity contribution is 0.649. The molecule has 6 heteroatoms. The van der Waals surface area contributed by atoms with Crippen LogP contribution in [0.4, 0.5) is 5.82 Å². The van der Waals surface area contributed by atoms with Crippen molar-refractivity contribution in [2.45, 2.75) is 33.4 Å². The van der Waals surface area contributed by atoms with Crippen molar-refractivity contribution in [2.24, 2.45) is 0 Å². The second-order valence-electron chi connectivity index (χ2n) is 3.99. The Labute approximate surface area is 110 Å². The van der Waals surface area contributed by atoms with Gasteiger partial charge in [0.1, 0.15) is 5.01 Å². The van der Waals surface area contributed by atoms with Gasteiger partial charge in [0.25, 0.3) is 5.56 Å². The van der Waals surface area contributed by atoms with E-state index in [0.29, 0.717) is 18.9 Å². The highest BCUT2D eigenvalue weighted by Crippen LogP contribution is 2.11. The standard InChI is InChI=1S/C12H16N4OS/c1-3-5-16-6-4-13-11(12(16)17)15-8-10-14-7-9(2)18-10/h4,6-7H,3,5,8H2,1-2H3,(H,13,15). The van der Waals surface area contributed by atoms with Crippen LogP contribution < -0.4 is 10.9 Å². The van der Waals surface area contributed by atoms with Crippen LogP contribution in [0.25, 0.3) is 0 Å². The maximum Gasteiger partial charge on any atom is 0.293 e. The quantitative estimate of drug-likeness (QED) is 0.897. The molecule has 2 aromatic heterocycles. The molecule has 0 saturated carbocycles. The van der Waals surface area contributed by atoms with E-state index in [1.54, 1.807) is 28.3 Å². The molecule has 1 N–H and O–H groups in total. The minimum Gasteiger partial charge on any atom is -0.359 e. The van der Waals surface area contributed by atoms with E-state index < -0.39 is 0 Å². The Morgan fingerprint density at radius 3 is 2.94 bits per heavy atom. The second-order valence-corrected chi connectivity index (χ2v) is 5.31. The van der Waals surface area contributed by atoms with Crippen LogP contribution in [0, 0.1) is 6.92 Å². The van der Waals surface area contributed by atoms with Crippen LogP contribution in [0.1, 0.15) is 23.2 Å². The Kier molecular flexibility index (Phi) is 4.09. The van der Waals surface area contributed by atoms with E-state index in [-0.39, 0.29) is 5.56 Å².